The van der Waals surface area contributed by atoms with E-state index < -0.39 is 6.04 Å². The molecule has 4 aromatic rings. The van der Waals surface area contributed by atoms with Gasteiger partial charge >= 0.3 is 0 Å². The Kier molecular flexibility index (Phi) is 7.42. The number of nitrogens with one attached hydrogen (secondary N) is 2. The maximum atomic E-state index is 14.2. The number of phenols is 1. The SMILES string of the molecule is COc1cc([C@H]2C(C(=O)Nc3ccccc3OC)=C(C)Nc3nc(SCc4ccccc4F)nn32)ccc1O. The second-order valence-corrected chi connectivity index (χ2v) is 9.64. The number of para-hydroxylation sites is 2. The average molecular weight is 548 g/mol. The van der Waals surface area contributed by atoms with Crippen molar-refractivity contribution in [3.63, 3.8) is 0 Å². The van der Waals surface area contributed by atoms with Crippen LogP contribution in [0.1, 0.15) is 24.1 Å². The molecule has 1 aliphatic rings. The summed E-state index contributed by atoms with van der Waals surface area (Å²) in [6.45, 7) is 1.78. The Labute approximate surface area is 228 Å². The van der Waals surface area contributed by atoms with Crippen molar-refractivity contribution in [2.45, 2.75) is 23.9 Å². The summed E-state index contributed by atoms with van der Waals surface area (Å²) in [7, 11) is 2.99. The molecule has 1 aliphatic heterocycles. The van der Waals surface area contributed by atoms with Gasteiger partial charge in [0.1, 0.15) is 17.6 Å². The zero-order valence-corrected chi connectivity index (χ0v) is 22.3. The van der Waals surface area contributed by atoms with Gasteiger partial charge in [-0.15, -0.1) is 5.10 Å². The third-order valence-electron chi connectivity index (χ3n) is 6.27. The standard InChI is InChI=1S/C28H26FN5O4S/c1-16-24(26(36)31-20-10-6-7-11-22(20)37-2)25(17-12-13-21(35)23(14-17)38-3)34-27(30-16)32-28(33-34)39-15-18-8-4-5-9-19(18)29/h4-14,25,35H,15H2,1-3H3,(H,31,36)(H,30,32,33)/t25-/m0/s1. The predicted molar refractivity (Wildman–Crippen MR) is 147 cm³/mol. The van der Waals surface area contributed by atoms with Crippen LogP contribution in [0.25, 0.3) is 0 Å². The number of amides is 1. The third-order valence-corrected chi connectivity index (χ3v) is 7.15. The second-order valence-electron chi connectivity index (χ2n) is 8.69. The maximum Gasteiger partial charge on any atom is 0.255 e. The molecule has 0 aliphatic carbocycles. The molecule has 1 amide bonds. The minimum Gasteiger partial charge on any atom is -0.504 e. The van der Waals surface area contributed by atoms with Crippen LogP contribution in [0.2, 0.25) is 0 Å². The highest BCUT2D eigenvalue weighted by atomic mass is 32.2. The van der Waals surface area contributed by atoms with Gasteiger partial charge in [0.25, 0.3) is 5.91 Å². The first-order valence-corrected chi connectivity index (χ1v) is 13.0. The lowest BCUT2D eigenvalue weighted by Gasteiger charge is -2.29. The van der Waals surface area contributed by atoms with Gasteiger partial charge in [-0.3, -0.25) is 4.79 Å². The largest absolute Gasteiger partial charge is 0.504 e. The number of hydrogen-bond acceptors (Lipinski definition) is 8. The number of fused-ring (bicyclic) bond motifs is 1. The van der Waals surface area contributed by atoms with Gasteiger partial charge in [-0.05, 0) is 48.4 Å². The number of halogens is 1. The zero-order valence-electron chi connectivity index (χ0n) is 21.4. The number of rotatable bonds is 8. The molecule has 1 aromatic heterocycles. The predicted octanol–water partition coefficient (Wildman–Crippen LogP) is 5.36. The van der Waals surface area contributed by atoms with Gasteiger partial charge in [0, 0.05) is 11.4 Å². The van der Waals surface area contributed by atoms with Crippen LogP contribution in [-0.2, 0) is 10.5 Å². The fourth-order valence-electron chi connectivity index (χ4n) is 4.35. The number of hydrogen-bond donors (Lipinski definition) is 3. The average Bonchev–Trinajstić information content (AvgIpc) is 3.34. The van der Waals surface area contributed by atoms with E-state index in [0.29, 0.717) is 50.7 Å². The van der Waals surface area contributed by atoms with E-state index in [1.54, 1.807) is 60.1 Å². The van der Waals surface area contributed by atoms with Gasteiger partial charge in [0.15, 0.2) is 11.5 Å². The van der Waals surface area contributed by atoms with Crippen molar-refractivity contribution in [2.75, 3.05) is 24.9 Å². The Morgan fingerprint density at radius 2 is 1.85 bits per heavy atom. The van der Waals surface area contributed by atoms with Crippen LogP contribution in [0.3, 0.4) is 0 Å². The van der Waals surface area contributed by atoms with Crippen LogP contribution >= 0.6 is 11.8 Å². The summed E-state index contributed by atoms with van der Waals surface area (Å²) in [5.74, 6) is 0.831. The topological polar surface area (TPSA) is 111 Å². The molecule has 39 heavy (non-hydrogen) atoms. The van der Waals surface area contributed by atoms with Crippen molar-refractivity contribution in [1.82, 2.24) is 14.8 Å². The molecule has 0 spiro atoms. The van der Waals surface area contributed by atoms with Crippen molar-refractivity contribution < 1.29 is 23.8 Å². The smallest absolute Gasteiger partial charge is 0.255 e. The van der Waals surface area contributed by atoms with E-state index in [9.17, 15) is 14.3 Å². The minimum atomic E-state index is -0.708. The molecule has 200 valence electrons. The highest BCUT2D eigenvalue weighted by molar-refractivity contribution is 7.98. The number of phenolic OH excluding ortho intramolecular Hbond substituents is 1. The fourth-order valence-corrected chi connectivity index (χ4v) is 5.17. The molecule has 2 heterocycles. The number of nitrogens with zero attached hydrogens (tertiary/aromatic N) is 3. The van der Waals surface area contributed by atoms with Crippen molar-refractivity contribution in [2.24, 2.45) is 0 Å². The molecular formula is C28H26FN5O4S. The molecule has 11 heteroatoms. The molecule has 0 radical (unpaired) electrons. The quantitative estimate of drug-likeness (QED) is 0.253. The Bertz CT molecular complexity index is 1570. The van der Waals surface area contributed by atoms with E-state index in [1.807, 2.05) is 6.07 Å². The number of methoxy groups -OCH3 is 2. The van der Waals surface area contributed by atoms with Gasteiger partial charge < -0.3 is 25.2 Å². The highest BCUT2D eigenvalue weighted by Gasteiger charge is 2.35. The number of aromatic hydroxyl groups is 1. The molecule has 3 aromatic carbocycles. The Balaban J connectivity index is 1.54. The molecule has 0 saturated heterocycles. The first kappa shape index (κ1) is 26.1. The van der Waals surface area contributed by atoms with Crippen molar-refractivity contribution >= 4 is 29.3 Å². The molecule has 5 rings (SSSR count). The fraction of sp³-hybridized carbons (Fsp3) is 0.179. The summed E-state index contributed by atoms with van der Waals surface area (Å²) in [6.07, 6.45) is 0. The maximum absolute atomic E-state index is 14.2. The minimum absolute atomic E-state index is 0.0316. The molecule has 0 fully saturated rings. The summed E-state index contributed by atoms with van der Waals surface area (Å²) in [4.78, 5) is 18.4. The normalized spacial score (nSPS) is 14.4. The number of anilines is 2. The van der Waals surface area contributed by atoms with E-state index in [4.69, 9.17) is 9.47 Å². The molecule has 3 N–H and O–H groups in total. The van der Waals surface area contributed by atoms with E-state index in [-0.39, 0.29) is 23.2 Å². The van der Waals surface area contributed by atoms with E-state index >= 15 is 0 Å². The van der Waals surface area contributed by atoms with Crippen molar-refractivity contribution in [3.8, 4) is 17.2 Å². The summed E-state index contributed by atoms with van der Waals surface area (Å²) >= 11 is 1.28. The lowest BCUT2D eigenvalue weighted by Crippen LogP contribution is -2.31. The zero-order chi connectivity index (χ0) is 27.5. The molecule has 0 bridgehead atoms. The lowest BCUT2D eigenvalue weighted by atomic mass is 9.94. The summed E-state index contributed by atoms with van der Waals surface area (Å²) in [6, 6.07) is 17.8. The molecule has 0 saturated carbocycles. The number of ether oxygens (including phenoxy) is 2. The van der Waals surface area contributed by atoms with Crippen molar-refractivity contribution in [3.05, 3.63) is 94.9 Å². The molecule has 9 nitrogen and oxygen atoms in total. The number of aromatic nitrogens is 3. The number of thioether (sulfide) groups is 1. The highest BCUT2D eigenvalue weighted by Crippen LogP contribution is 2.40. The van der Waals surface area contributed by atoms with Crippen LogP contribution in [0.15, 0.2) is 83.2 Å². The summed E-state index contributed by atoms with van der Waals surface area (Å²) in [5.41, 5.74) is 2.65. The number of carbonyl (C=O) groups is 1. The summed E-state index contributed by atoms with van der Waals surface area (Å²) < 4.78 is 26.5. The first-order valence-electron chi connectivity index (χ1n) is 12.0. The van der Waals surface area contributed by atoms with Crippen LogP contribution < -0.4 is 20.1 Å². The van der Waals surface area contributed by atoms with Gasteiger partial charge in [-0.25, -0.2) is 9.07 Å². The van der Waals surface area contributed by atoms with Gasteiger partial charge in [0.05, 0.1) is 25.5 Å². The first-order chi connectivity index (χ1) is 18.9. The number of carbonyl (C=O) groups excluding carboxylic acids is 1. The Morgan fingerprint density at radius 1 is 1.10 bits per heavy atom. The van der Waals surface area contributed by atoms with Crippen molar-refractivity contribution in [1.29, 1.82) is 0 Å². The molecule has 1 atom stereocenters. The number of benzene rings is 3. The molecule has 0 unspecified atom stereocenters. The van der Waals surface area contributed by atoms with E-state index in [0.717, 1.165) is 0 Å². The van der Waals surface area contributed by atoms with Gasteiger partial charge in [-0.2, -0.15) is 4.98 Å². The van der Waals surface area contributed by atoms with E-state index in [1.165, 1.54) is 38.1 Å². The Morgan fingerprint density at radius 3 is 2.62 bits per heavy atom. The van der Waals surface area contributed by atoms with Crippen LogP contribution in [0.5, 0.6) is 17.2 Å². The summed E-state index contributed by atoms with van der Waals surface area (Å²) in [5, 5.41) is 21.4. The monoisotopic (exact) mass is 547 g/mol. The second kappa shape index (κ2) is 11.1. The van der Waals surface area contributed by atoms with Crippen LogP contribution in [-0.4, -0.2) is 40.0 Å². The van der Waals surface area contributed by atoms with Crippen LogP contribution in [0.4, 0.5) is 16.0 Å². The van der Waals surface area contributed by atoms with Gasteiger partial charge in [0.2, 0.25) is 11.1 Å². The van der Waals surface area contributed by atoms with Gasteiger partial charge in [-0.1, -0.05) is 48.2 Å². The number of allylic oxidation sites excluding steroid dienone is 1. The van der Waals surface area contributed by atoms with Crippen LogP contribution in [0, 0.1) is 5.82 Å². The molecular weight excluding hydrogens is 521 g/mol. The van der Waals surface area contributed by atoms with E-state index in [2.05, 4.69) is 20.7 Å². The Hall–Kier alpha value is -4.51. The third kappa shape index (κ3) is 5.26. The lowest BCUT2D eigenvalue weighted by molar-refractivity contribution is -0.113.